The molecule has 2 aromatic heterocycles. The molecule has 0 bridgehead atoms. The molecule has 2 fully saturated rings. The van der Waals surface area contributed by atoms with Crippen molar-refractivity contribution < 1.29 is 23.1 Å². The molecule has 2 aliphatic heterocycles. The van der Waals surface area contributed by atoms with Crippen LogP contribution >= 0.6 is 0 Å². The summed E-state index contributed by atoms with van der Waals surface area (Å²) in [5, 5.41) is 14.1. The van der Waals surface area contributed by atoms with Crippen LogP contribution in [0.15, 0.2) is 60.9 Å². The maximum absolute atomic E-state index is 10.6. The van der Waals surface area contributed by atoms with Gasteiger partial charge in [-0.2, -0.15) is 13.2 Å². The lowest BCUT2D eigenvalue weighted by atomic mass is 10.0. The molecule has 11 heteroatoms. The highest BCUT2D eigenvalue weighted by atomic mass is 19.4. The van der Waals surface area contributed by atoms with Crippen molar-refractivity contribution in [2.24, 2.45) is 0 Å². The molecule has 2 atom stereocenters. The van der Waals surface area contributed by atoms with E-state index in [1.54, 1.807) is 0 Å². The first-order chi connectivity index (χ1) is 18.8. The van der Waals surface area contributed by atoms with Crippen LogP contribution in [0.1, 0.15) is 49.4 Å². The molecule has 39 heavy (non-hydrogen) atoms. The predicted molar refractivity (Wildman–Crippen MR) is 141 cm³/mol. The number of aromatic amines is 2. The van der Waals surface area contributed by atoms with Crippen molar-refractivity contribution in [1.29, 1.82) is 0 Å². The molecule has 0 spiro atoms. The minimum Gasteiger partial charge on any atom is -0.475 e. The van der Waals surface area contributed by atoms with E-state index >= 15 is 0 Å². The first kappa shape index (κ1) is 26.6. The number of carboxylic acid groups (broad SMARTS) is 1. The molecule has 0 radical (unpaired) electrons. The van der Waals surface area contributed by atoms with E-state index < -0.39 is 12.1 Å². The van der Waals surface area contributed by atoms with Crippen molar-refractivity contribution in [2.75, 3.05) is 13.1 Å². The Morgan fingerprint density at radius 2 is 1.08 bits per heavy atom. The maximum Gasteiger partial charge on any atom is 0.490 e. The average molecular weight is 539 g/mol. The van der Waals surface area contributed by atoms with Gasteiger partial charge in [0, 0.05) is 0 Å². The molecular weight excluding hydrogens is 509 g/mol. The number of nitrogens with one attached hydrogen (secondary N) is 4. The summed E-state index contributed by atoms with van der Waals surface area (Å²) in [7, 11) is 0. The smallest absolute Gasteiger partial charge is 0.475 e. The van der Waals surface area contributed by atoms with E-state index in [1.807, 2.05) is 12.4 Å². The third-order valence-electron chi connectivity index (χ3n) is 6.94. The third-order valence-corrected chi connectivity index (χ3v) is 6.94. The van der Waals surface area contributed by atoms with Crippen LogP contribution in [-0.2, 0) is 4.79 Å². The molecule has 204 valence electrons. The van der Waals surface area contributed by atoms with Crippen LogP contribution in [0.5, 0.6) is 0 Å². The minimum absolute atomic E-state index is 0.363. The summed E-state index contributed by atoms with van der Waals surface area (Å²) in [6, 6.07) is 18.1. The molecule has 4 heterocycles. The Labute approximate surface area is 223 Å². The van der Waals surface area contributed by atoms with Crippen LogP contribution in [0.25, 0.3) is 33.6 Å². The van der Waals surface area contributed by atoms with E-state index in [4.69, 9.17) is 9.90 Å². The first-order valence-electron chi connectivity index (χ1n) is 12.9. The molecule has 4 aromatic rings. The second kappa shape index (κ2) is 11.4. The Balaban J connectivity index is 0.000000392. The Morgan fingerprint density at radius 3 is 1.38 bits per heavy atom. The fourth-order valence-electron chi connectivity index (χ4n) is 4.84. The van der Waals surface area contributed by atoms with Crippen LogP contribution in [0.3, 0.4) is 0 Å². The van der Waals surface area contributed by atoms with E-state index in [0.29, 0.717) is 12.1 Å². The van der Waals surface area contributed by atoms with Gasteiger partial charge in [0.2, 0.25) is 0 Å². The number of hydrogen-bond donors (Lipinski definition) is 5. The molecule has 6 rings (SSSR count). The summed E-state index contributed by atoms with van der Waals surface area (Å²) in [4.78, 5) is 25.1. The monoisotopic (exact) mass is 538 g/mol. The van der Waals surface area contributed by atoms with Crippen molar-refractivity contribution in [2.45, 2.75) is 43.9 Å². The quantitative estimate of drug-likeness (QED) is 0.225. The number of benzene rings is 2. The second-order valence-electron chi connectivity index (χ2n) is 9.62. The Hall–Kier alpha value is -3.96. The zero-order chi connectivity index (χ0) is 27.4. The van der Waals surface area contributed by atoms with Crippen molar-refractivity contribution >= 4 is 5.97 Å². The van der Waals surface area contributed by atoms with Gasteiger partial charge < -0.3 is 25.7 Å². The lowest BCUT2D eigenvalue weighted by molar-refractivity contribution is -0.192. The highest BCUT2D eigenvalue weighted by molar-refractivity contribution is 5.73. The molecule has 8 nitrogen and oxygen atoms in total. The summed E-state index contributed by atoms with van der Waals surface area (Å²) >= 11 is 0. The van der Waals surface area contributed by atoms with E-state index in [0.717, 1.165) is 60.1 Å². The van der Waals surface area contributed by atoms with Crippen molar-refractivity contribution in [1.82, 2.24) is 30.6 Å². The molecule has 0 saturated carbocycles. The number of aromatic nitrogens is 4. The van der Waals surface area contributed by atoms with E-state index in [1.165, 1.54) is 24.0 Å². The number of carbonyl (C=O) groups is 1. The number of carboxylic acids is 1. The summed E-state index contributed by atoms with van der Waals surface area (Å²) in [6.45, 7) is 2.15. The van der Waals surface area contributed by atoms with E-state index in [9.17, 15) is 13.2 Å². The lowest BCUT2D eigenvalue weighted by Gasteiger charge is -2.07. The van der Waals surface area contributed by atoms with Gasteiger partial charge >= 0.3 is 12.1 Å². The van der Waals surface area contributed by atoms with Crippen LogP contribution < -0.4 is 10.6 Å². The zero-order valence-corrected chi connectivity index (χ0v) is 21.1. The summed E-state index contributed by atoms with van der Waals surface area (Å²) in [5.41, 5.74) is 6.88. The Morgan fingerprint density at radius 1 is 0.718 bits per heavy atom. The summed E-state index contributed by atoms with van der Waals surface area (Å²) in [5.74, 6) is -0.668. The SMILES string of the molecule is O=C(O)C(F)(F)F.c1cc(-c2cnc([C@@H]3CCCN3)[nH]2)ccc1-c1ccc(-c2cnc([C@@H]3CCCN3)[nH]2)cc1. The second-order valence-corrected chi connectivity index (χ2v) is 9.62. The van der Waals surface area contributed by atoms with Gasteiger partial charge in [-0.3, -0.25) is 0 Å². The summed E-state index contributed by atoms with van der Waals surface area (Å²) in [6.07, 6.45) is 3.54. The first-order valence-corrected chi connectivity index (χ1v) is 12.9. The standard InChI is InChI=1S/C26H28N6.C2HF3O2/c1-3-21(27-13-1)25-29-15-23(31-25)19-9-5-17(6-10-19)18-7-11-20(12-8-18)24-16-30-26(32-24)22-4-2-14-28-22;3-2(4,5)1(6)7/h5-12,15-16,21-22,27-28H,1-4,13-14H2,(H,29,31)(H,30,32);(H,6,7)/t21-,22-;/m0./s1. The largest absolute Gasteiger partial charge is 0.490 e. The highest BCUT2D eigenvalue weighted by Gasteiger charge is 2.38. The Kier molecular flexibility index (Phi) is 7.80. The molecule has 0 amide bonds. The molecule has 0 unspecified atom stereocenters. The number of rotatable bonds is 5. The highest BCUT2D eigenvalue weighted by Crippen LogP contribution is 2.29. The molecule has 5 N–H and O–H groups in total. The van der Waals surface area contributed by atoms with Crippen LogP contribution in [-0.4, -0.2) is 50.3 Å². The fourth-order valence-corrected chi connectivity index (χ4v) is 4.84. The number of halogens is 3. The van der Waals surface area contributed by atoms with Gasteiger partial charge in [0.1, 0.15) is 11.6 Å². The molecular formula is C28H29F3N6O2. The van der Waals surface area contributed by atoms with Gasteiger partial charge in [0.15, 0.2) is 0 Å². The molecule has 2 saturated heterocycles. The van der Waals surface area contributed by atoms with Crippen molar-refractivity contribution in [3.05, 3.63) is 72.6 Å². The topological polar surface area (TPSA) is 119 Å². The van der Waals surface area contributed by atoms with Crippen LogP contribution in [0, 0.1) is 0 Å². The van der Waals surface area contributed by atoms with Gasteiger partial charge in [-0.15, -0.1) is 0 Å². The average Bonchev–Trinajstić information content (AvgIpc) is 3.76. The van der Waals surface area contributed by atoms with Gasteiger partial charge in [-0.25, -0.2) is 14.8 Å². The zero-order valence-electron chi connectivity index (χ0n) is 21.1. The minimum atomic E-state index is -5.08. The fraction of sp³-hybridized carbons (Fsp3) is 0.321. The summed E-state index contributed by atoms with van der Waals surface area (Å²) < 4.78 is 31.7. The van der Waals surface area contributed by atoms with Gasteiger partial charge in [0.05, 0.1) is 35.9 Å². The van der Waals surface area contributed by atoms with Crippen molar-refractivity contribution in [3.63, 3.8) is 0 Å². The number of alkyl halides is 3. The lowest BCUT2D eigenvalue weighted by Crippen LogP contribution is -2.21. The van der Waals surface area contributed by atoms with Crippen LogP contribution in [0.2, 0.25) is 0 Å². The van der Waals surface area contributed by atoms with E-state index in [2.05, 4.69) is 79.1 Å². The third kappa shape index (κ3) is 6.37. The Bertz CT molecular complexity index is 1290. The van der Waals surface area contributed by atoms with Gasteiger partial charge in [0.25, 0.3) is 0 Å². The maximum atomic E-state index is 10.6. The van der Waals surface area contributed by atoms with Crippen molar-refractivity contribution in [3.8, 4) is 33.6 Å². The van der Waals surface area contributed by atoms with E-state index in [-0.39, 0.29) is 0 Å². The number of imidazole rings is 2. The molecule has 0 aliphatic carbocycles. The number of hydrogen-bond acceptors (Lipinski definition) is 5. The molecule has 2 aliphatic rings. The number of nitrogens with zero attached hydrogens (tertiary/aromatic N) is 2. The van der Waals surface area contributed by atoms with Crippen LogP contribution in [0.4, 0.5) is 13.2 Å². The predicted octanol–water partition coefficient (Wildman–Crippen LogP) is 5.62. The van der Waals surface area contributed by atoms with Gasteiger partial charge in [-0.05, 0) is 61.0 Å². The number of H-pyrrole nitrogens is 2. The van der Waals surface area contributed by atoms with Gasteiger partial charge in [-0.1, -0.05) is 48.5 Å². The molecule has 2 aromatic carbocycles. The normalized spacial score (nSPS) is 19.1. The number of aliphatic carboxylic acids is 1.